The number of ketones is 1. The van der Waals surface area contributed by atoms with Gasteiger partial charge in [0, 0.05) is 18.4 Å². The highest BCUT2D eigenvalue weighted by Gasteiger charge is 2.11. The number of nitrogens with one attached hydrogen (secondary N) is 1. The van der Waals surface area contributed by atoms with Crippen molar-refractivity contribution in [1.29, 1.82) is 0 Å². The SMILES string of the molecule is CCOc1ccc(C(=O)CCC(=O)Nc2ccccc2OCC)cc1. The summed E-state index contributed by atoms with van der Waals surface area (Å²) in [5.74, 6) is 1.06. The zero-order valence-electron chi connectivity index (χ0n) is 14.6. The largest absolute Gasteiger partial charge is 0.494 e. The highest BCUT2D eigenvalue weighted by atomic mass is 16.5. The average molecular weight is 341 g/mol. The van der Waals surface area contributed by atoms with Gasteiger partial charge in [0.25, 0.3) is 0 Å². The minimum Gasteiger partial charge on any atom is -0.494 e. The molecule has 0 unspecified atom stereocenters. The van der Waals surface area contributed by atoms with Gasteiger partial charge in [0.05, 0.1) is 18.9 Å². The normalized spacial score (nSPS) is 10.2. The first kappa shape index (κ1) is 18.5. The third kappa shape index (κ3) is 5.64. The standard InChI is InChI=1S/C20H23NO4/c1-3-24-16-11-9-15(10-12-16)18(22)13-14-20(23)21-17-7-5-6-8-19(17)25-4-2/h5-12H,3-4,13-14H2,1-2H3,(H,21,23). The maximum atomic E-state index is 12.2. The summed E-state index contributed by atoms with van der Waals surface area (Å²) >= 11 is 0. The lowest BCUT2D eigenvalue weighted by atomic mass is 10.1. The lowest BCUT2D eigenvalue weighted by molar-refractivity contribution is -0.116. The van der Waals surface area contributed by atoms with E-state index >= 15 is 0 Å². The number of hydrogen-bond acceptors (Lipinski definition) is 4. The van der Waals surface area contributed by atoms with Crippen LogP contribution in [0.1, 0.15) is 37.0 Å². The number of rotatable bonds is 9. The molecule has 2 aromatic rings. The molecule has 0 atom stereocenters. The second-order valence-electron chi connectivity index (χ2n) is 5.36. The lowest BCUT2D eigenvalue weighted by Gasteiger charge is -2.11. The van der Waals surface area contributed by atoms with Crippen LogP contribution in [-0.4, -0.2) is 24.9 Å². The third-order valence-corrected chi connectivity index (χ3v) is 3.53. The predicted molar refractivity (Wildman–Crippen MR) is 97.4 cm³/mol. The van der Waals surface area contributed by atoms with Crippen LogP contribution in [0.2, 0.25) is 0 Å². The zero-order valence-corrected chi connectivity index (χ0v) is 14.6. The zero-order chi connectivity index (χ0) is 18.1. The van der Waals surface area contributed by atoms with Crippen molar-refractivity contribution in [2.75, 3.05) is 18.5 Å². The molecule has 0 aromatic heterocycles. The van der Waals surface area contributed by atoms with E-state index in [-0.39, 0.29) is 24.5 Å². The van der Waals surface area contributed by atoms with E-state index in [1.54, 1.807) is 36.4 Å². The quantitative estimate of drug-likeness (QED) is 0.698. The Balaban J connectivity index is 1.88. The predicted octanol–water partition coefficient (Wildman–Crippen LogP) is 4.09. The summed E-state index contributed by atoms with van der Waals surface area (Å²) in [6.45, 7) is 4.88. The monoisotopic (exact) mass is 341 g/mol. The van der Waals surface area contributed by atoms with Crippen molar-refractivity contribution in [3.8, 4) is 11.5 Å². The fourth-order valence-corrected chi connectivity index (χ4v) is 2.34. The molecule has 0 aliphatic heterocycles. The van der Waals surface area contributed by atoms with E-state index in [9.17, 15) is 9.59 Å². The Morgan fingerprint density at radius 3 is 2.24 bits per heavy atom. The van der Waals surface area contributed by atoms with Gasteiger partial charge in [-0.25, -0.2) is 0 Å². The van der Waals surface area contributed by atoms with Crippen LogP contribution in [0.15, 0.2) is 48.5 Å². The van der Waals surface area contributed by atoms with Crippen molar-refractivity contribution in [1.82, 2.24) is 0 Å². The van der Waals surface area contributed by atoms with Gasteiger partial charge in [-0.3, -0.25) is 9.59 Å². The van der Waals surface area contributed by atoms with Gasteiger partial charge in [-0.1, -0.05) is 12.1 Å². The van der Waals surface area contributed by atoms with E-state index in [1.807, 2.05) is 26.0 Å². The van der Waals surface area contributed by atoms with E-state index in [1.165, 1.54) is 0 Å². The third-order valence-electron chi connectivity index (χ3n) is 3.53. The number of para-hydroxylation sites is 2. The minimum atomic E-state index is -0.216. The average Bonchev–Trinajstić information content (AvgIpc) is 2.62. The van der Waals surface area contributed by atoms with E-state index < -0.39 is 0 Å². The molecule has 0 fully saturated rings. The first-order valence-corrected chi connectivity index (χ1v) is 8.41. The molecule has 2 rings (SSSR count). The Kier molecular flexibility index (Phi) is 7.01. The molecular weight excluding hydrogens is 318 g/mol. The number of amides is 1. The summed E-state index contributed by atoms with van der Waals surface area (Å²) in [6.07, 6.45) is 0.267. The van der Waals surface area contributed by atoms with E-state index in [0.29, 0.717) is 30.2 Å². The molecule has 0 aliphatic rings. The number of ether oxygens (including phenoxy) is 2. The summed E-state index contributed by atoms with van der Waals surface area (Å²) in [5, 5.41) is 2.79. The Hall–Kier alpha value is -2.82. The van der Waals surface area contributed by atoms with Gasteiger partial charge < -0.3 is 14.8 Å². The topological polar surface area (TPSA) is 64.6 Å². The Morgan fingerprint density at radius 1 is 0.880 bits per heavy atom. The molecule has 5 nitrogen and oxygen atoms in total. The molecular formula is C20H23NO4. The molecule has 0 saturated heterocycles. The maximum absolute atomic E-state index is 12.2. The van der Waals surface area contributed by atoms with Crippen LogP contribution in [0.25, 0.3) is 0 Å². The summed E-state index contributed by atoms with van der Waals surface area (Å²) < 4.78 is 10.8. The second kappa shape index (κ2) is 9.47. The van der Waals surface area contributed by atoms with Gasteiger partial charge in [0.15, 0.2) is 5.78 Å². The molecule has 5 heteroatoms. The molecule has 1 amide bonds. The van der Waals surface area contributed by atoms with Crippen LogP contribution in [0.4, 0.5) is 5.69 Å². The van der Waals surface area contributed by atoms with Gasteiger partial charge in [-0.05, 0) is 50.2 Å². The van der Waals surface area contributed by atoms with Gasteiger partial charge >= 0.3 is 0 Å². The molecule has 25 heavy (non-hydrogen) atoms. The maximum Gasteiger partial charge on any atom is 0.224 e. The molecule has 132 valence electrons. The van der Waals surface area contributed by atoms with Crippen molar-refractivity contribution in [3.63, 3.8) is 0 Å². The second-order valence-corrected chi connectivity index (χ2v) is 5.36. The van der Waals surface area contributed by atoms with Crippen molar-refractivity contribution in [2.45, 2.75) is 26.7 Å². The van der Waals surface area contributed by atoms with Crippen molar-refractivity contribution >= 4 is 17.4 Å². The number of carbonyl (C=O) groups excluding carboxylic acids is 2. The molecule has 0 saturated carbocycles. The Morgan fingerprint density at radius 2 is 1.56 bits per heavy atom. The van der Waals surface area contributed by atoms with Crippen LogP contribution in [0.5, 0.6) is 11.5 Å². The van der Waals surface area contributed by atoms with Crippen LogP contribution in [-0.2, 0) is 4.79 Å². The van der Waals surface area contributed by atoms with Crippen LogP contribution < -0.4 is 14.8 Å². The van der Waals surface area contributed by atoms with Gasteiger partial charge in [0.1, 0.15) is 11.5 Å². The van der Waals surface area contributed by atoms with Crippen LogP contribution in [0, 0.1) is 0 Å². The summed E-state index contributed by atoms with van der Waals surface area (Å²) in [6, 6.07) is 14.2. The Bertz CT molecular complexity index is 710. The summed E-state index contributed by atoms with van der Waals surface area (Å²) in [7, 11) is 0. The van der Waals surface area contributed by atoms with Crippen LogP contribution in [0.3, 0.4) is 0 Å². The molecule has 0 spiro atoms. The first-order chi connectivity index (χ1) is 12.1. The molecule has 0 bridgehead atoms. The van der Waals surface area contributed by atoms with Crippen molar-refractivity contribution in [3.05, 3.63) is 54.1 Å². The molecule has 0 radical (unpaired) electrons. The van der Waals surface area contributed by atoms with Gasteiger partial charge in [-0.2, -0.15) is 0 Å². The van der Waals surface area contributed by atoms with E-state index in [2.05, 4.69) is 5.32 Å². The summed E-state index contributed by atoms with van der Waals surface area (Å²) in [4.78, 5) is 24.3. The number of carbonyl (C=O) groups is 2. The fourth-order valence-electron chi connectivity index (χ4n) is 2.34. The van der Waals surface area contributed by atoms with Crippen molar-refractivity contribution < 1.29 is 19.1 Å². The van der Waals surface area contributed by atoms with Crippen LogP contribution >= 0.6 is 0 Å². The fraction of sp³-hybridized carbons (Fsp3) is 0.300. The van der Waals surface area contributed by atoms with Gasteiger partial charge in [0.2, 0.25) is 5.91 Å². The minimum absolute atomic E-state index is 0.0729. The van der Waals surface area contributed by atoms with E-state index in [0.717, 1.165) is 5.75 Å². The Labute approximate surface area is 148 Å². The molecule has 1 N–H and O–H groups in total. The number of Topliss-reactive ketones (excluding diaryl/α,β-unsaturated/α-hetero) is 1. The lowest BCUT2D eigenvalue weighted by Crippen LogP contribution is -2.14. The smallest absolute Gasteiger partial charge is 0.224 e. The highest BCUT2D eigenvalue weighted by molar-refractivity contribution is 6.00. The number of benzene rings is 2. The van der Waals surface area contributed by atoms with Crippen molar-refractivity contribution in [2.24, 2.45) is 0 Å². The molecule has 0 heterocycles. The molecule has 2 aromatic carbocycles. The molecule has 0 aliphatic carbocycles. The summed E-state index contributed by atoms with van der Waals surface area (Å²) in [5.41, 5.74) is 1.19. The van der Waals surface area contributed by atoms with E-state index in [4.69, 9.17) is 9.47 Å². The van der Waals surface area contributed by atoms with Gasteiger partial charge in [-0.15, -0.1) is 0 Å². The first-order valence-electron chi connectivity index (χ1n) is 8.41. The number of anilines is 1. The highest BCUT2D eigenvalue weighted by Crippen LogP contribution is 2.24. The number of hydrogen-bond donors (Lipinski definition) is 1.